The van der Waals surface area contributed by atoms with Gasteiger partial charge in [0.05, 0.1) is 24.5 Å². The van der Waals surface area contributed by atoms with Crippen LogP contribution >= 0.6 is 11.5 Å². The summed E-state index contributed by atoms with van der Waals surface area (Å²) in [5.74, 6) is -0.0615. The molecule has 0 aliphatic carbocycles. The molecule has 1 N–H and O–H groups in total. The monoisotopic (exact) mass is 276 g/mol. The highest BCUT2D eigenvalue weighted by molar-refractivity contribution is 7.08. The normalized spacial score (nSPS) is 13.8. The van der Waals surface area contributed by atoms with Gasteiger partial charge in [-0.25, -0.2) is 4.79 Å². The molecule has 98 valence electrons. The predicted molar refractivity (Wildman–Crippen MR) is 72.1 cm³/mol. The van der Waals surface area contributed by atoms with E-state index < -0.39 is 5.97 Å². The number of aromatic carboxylic acids is 1. The molecule has 6 heteroatoms. The Balaban J connectivity index is 1.82. The Kier molecular flexibility index (Phi) is 3.08. The van der Waals surface area contributed by atoms with E-state index in [1.165, 1.54) is 0 Å². The summed E-state index contributed by atoms with van der Waals surface area (Å²) in [6.45, 7) is 2.01. The minimum Gasteiger partial charge on any atom is -0.490 e. The number of carbonyl (C=O) groups is 1. The van der Waals surface area contributed by atoms with Crippen molar-refractivity contribution in [1.29, 1.82) is 0 Å². The molecule has 0 saturated heterocycles. The molecule has 0 atom stereocenters. The minimum absolute atomic E-state index is 0.275. The van der Waals surface area contributed by atoms with Crippen LogP contribution < -0.4 is 9.64 Å². The zero-order valence-corrected chi connectivity index (χ0v) is 10.9. The zero-order chi connectivity index (χ0) is 13.2. The van der Waals surface area contributed by atoms with Crippen molar-refractivity contribution in [2.24, 2.45) is 0 Å². The lowest BCUT2D eigenvalue weighted by atomic mass is 10.2. The number of carboxylic acids is 1. The number of rotatable bonds is 3. The SMILES string of the molecule is O=C(O)c1cc(CN2CCOc3ccccc32)ns1. The van der Waals surface area contributed by atoms with E-state index in [9.17, 15) is 4.79 Å². The Hall–Kier alpha value is -2.08. The first-order valence-corrected chi connectivity index (χ1v) is 6.67. The van der Waals surface area contributed by atoms with Gasteiger partial charge in [0, 0.05) is 0 Å². The van der Waals surface area contributed by atoms with E-state index >= 15 is 0 Å². The number of carboxylic acid groups (broad SMARTS) is 1. The van der Waals surface area contributed by atoms with Crippen LogP contribution in [0.2, 0.25) is 0 Å². The highest BCUT2D eigenvalue weighted by atomic mass is 32.1. The van der Waals surface area contributed by atoms with Crippen LogP contribution in [0.15, 0.2) is 30.3 Å². The van der Waals surface area contributed by atoms with Gasteiger partial charge in [-0.05, 0) is 29.7 Å². The van der Waals surface area contributed by atoms with Gasteiger partial charge in [-0.1, -0.05) is 12.1 Å². The maximum atomic E-state index is 10.8. The molecule has 0 amide bonds. The van der Waals surface area contributed by atoms with Crippen molar-refractivity contribution in [3.05, 3.63) is 40.9 Å². The zero-order valence-electron chi connectivity index (χ0n) is 10.1. The molecule has 1 aromatic heterocycles. The molecule has 1 aliphatic rings. The summed E-state index contributed by atoms with van der Waals surface area (Å²) in [7, 11) is 0. The third-order valence-electron chi connectivity index (χ3n) is 2.95. The molecule has 0 fully saturated rings. The van der Waals surface area contributed by atoms with E-state index in [1.54, 1.807) is 6.07 Å². The van der Waals surface area contributed by atoms with Gasteiger partial charge in [0.2, 0.25) is 0 Å². The van der Waals surface area contributed by atoms with Gasteiger partial charge in [-0.15, -0.1) is 0 Å². The van der Waals surface area contributed by atoms with Crippen molar-refractivity contribution in [3.63, 3.8) is 0 Å². The summed E-state index contributed by atoms with van der Waals surface area (Å²) in [6, 6.07) is 9.47. The van der Waals surface area contributed by atoms with Crippen LogP contribution in [0.5, 0.6) is 5.75 Å². The van der Waals surface area contributed by atoms with Crippen LogP contribution in [-0.2, 0) is 6.54 Å². The lowest BCUT2D eigenvalue weighted by molar-refractivity contribution is 0.0702. The molecule has 2 heterocycles. The first-order valence-electron chi connectivity index (χ1n) is 5.90. The number of benzene rings is 1. The average Bonchev–Trinajstić information content (AvgIpc) is 2.88. The van der Waals surface area contributed by atoms with Crippen LogP contribution in [0, 0.1) is 0 Å². The molecule has 0 bridgehead atoms. The van der Waals surface area contributed by atoms with Gasteiger partial charge in [0.15, 0.2) is 0 Å². The number of ether oxygens (including phenoxy) is 1. The molecule has 0 spiro atoms. The average molecular weight is 276 g/mol. The quantitative estimate of drug-likeness (QED) is 0.931. The van der Waals surface area contributed by atoms with Crippen molar-refractivity contribution in [2.75, 3.05) is 18.1 Å². The van der Waals surface area contributed by atoms with Gasteiger partial charge in [-0.3, -0.25) is 0 Å². The molecule has 0 radical (unpaired) electrons. The first-order chi connectivity index (χ1) is 9.24. The van der Waals surface area contributed by atoms with E-state index in [0.29, 0.717) is 13.2 Å². The van der Waals surface area contributed by atoms with E-state index in [2.05, 4.69) is 9.27 Å². The first kappa shape index (κ1) is 12.0. The van der Waals surface area contributed by atoms with Crippen LogP contribution in [0.25, 0.3) is 0 Å². The molecule has 2 aromatic rings. The number of hydrogen-bond acceptors (Lipinski definition) is 5. The summed E-state index contributed by atoms with van der Waals surface area (Å²) >= 11 is 1.02. The van der Waals surface area contributed by atoms with Gasteiger partial charge in [-0.2, -0.15) is 4.37 Å². The molecule has 19 heavy (non-hydrogen) atoms. The smallest absolute Gasteiger partial charge is 0.347 e. The van der Waals surface area contributed by atoms with Crippen molar-refractivity contribution in [1.82, 2.24) is 4.37 Å². The minimum atomic E-state index is -0.925. The fourth-order valence-corrected chi connectivity index (χ4v) is 2.67. The Labute approximate surface area is 114 Å². The van der Waals surface area contributed by atoms with Gasteiger partial charge < -0.3 is 14.7 Å². The second-order valence-corrected chi connectivity index (χ2v) is 5.03. The molecule has 3 rings (SSSR count). The summed E-state index contributed by atoms with van der Waals surface area (Å²) in [4.78, 5) is 13.3. The van der Waals surface area contributed by atoms with E-state index in [1.807, 2.05) is 24.3 Å². The maximum Gasteiger partial charge on any atom is 0.347 e. The van der Waals surface area contributed by atoms with Gasteiger partial charge in [0.25, 0.3) is 0 Å². The van der Waals surface area contributed by atoms with E-state index in [4.69, 9.17) is 9.84 Å². The third kappa shape index (κ3) is 2.39. The number of hydrogen-bond donors (Lipinski definition) is 1. The standard InChI is InChI=1S/C13H12N2O3S/c16-13(17)12-7-9(14-19-12)8-15-5-6-18-11-4-2-1-3-10(11)15/h1-4,7H,5-6,8H2,(H,16,17). The Morgan fingerprint density at radius 3 is 3.11 bits per heavy atom. The van der Waals surface area contributed by atoms with Crippen molar-refractivity contribution in [3.8, 4) is 5.75 Å². The Bertz CT molecular complexity index is 611. The lowest BCUT2D eigenvalue weighted by Gasteiger charge is -2.30. The largest absolute Gasteiger partial charge is 0.490 e. The van der Waals surface area contributed by atoms with Crippen LogP contribution in [0.4, 0.5) is 5.69 Å². The van der Waals surface area contributed by atoms with Crippen LogP contribution in [-0.4, -0.2) is 28.6 Å². The highest BCUT2D eigenvalue weighted by Gasteiger charge is 2.19. The van der Waals surface area contributed by atoms with Crippen molar-refractivity contribution < 1.29 is 14.6 Å². The summed E-state index contributed by atoms with van der Waals surface area (Å²) in [5.41, 5.74) is 1.80. The number of nitrogens with zero attached hydrogens (tertiary/aromatic N) is 2. The number of fused-ring (bicyclic) bond motifs is 1. The molecule has 0 saturated carbocycles. The lowest BCUT2D eigenvalue weighted by Crippen LogP contribution is -2.32. The van der Waals surface area contributed by atoms with Gasteiger partial charge in [0.1, 0.15) is 17.2 Å². The van der Waals surface area contributed by atoms with Crippen LogP contribution in [0.1, 0.15) is 15.4 Å². The van der Waals surface area contributed by atoms with E-state index in [-0.39, 0.29) is 4.88 Å². The molecule has 0 unspecified atom stereocenters. The molecular weight excluding hydrogens is 264 g/mol. The van der Waals surface area contributed by atoms with Crippen molar-refractivity contribution in [2.45, 2.75) is 6.54 Å². The highest BCUT2D eigenvalue weighted by Crippen LogP contribution is 2.31. The van der Waals surface area contributed by atoms with Crippen molar-refractivity contribution >= 4 is 23.2 Å². The molecular formula is C13H12N2O3S. The second-order valence-electron chi connectivity index (χ2n) is 4.23. The van der Waals surface area contributed by atoms with E-state index in [0.717, 1.165) is 35.2 Å². The molecule has 1 aromatic carbocycles. The Morgan fingerprint density at radius 1 is 1.47 bits per heavy atom. The fraction of sp³-hybridized carbons (Fsp3) is 0.231. The summed E-state index contributed by atoms with van der Waals surface area (Å²) in [5, 5.41) is 8.90. The topological polar surface area (TPSA) is 62.7 Å². The predicted octanol–water partition coefficient (Wildman–Crippen LogP) is 2.24. The summed E-state index contributed by atoms with van der Waals surface area (Å²) in [6.07, 6.45) is 0. The van der Waals surface area contributed by atoms with Crippen LogP contribution in [0.3, 0.4) is 0 Å². The third-order valence-corrected chi connectivity index (χ3v) is 3.76. The number of anilines is 1. The number of aromatic nitrogens is 1. The fourth-order valence-electron chi connectivity index (χ4n) is 2.07. The molecule has 1 aliphatic heterocycles. The second kappa shape index (κ2) is 4.89. The number of para-hydroxylation sites is 2. The summed E-state index contributed by atoms with van der Waals surface area (Å²) < 4.78 is 9.76. The Morgan fingerprint density at radius 2 is 2.32 bits per heavy atom. The van der Waals surface area contributed by atoms with Gasteiger partial charge >= 0.3 is 5.97 Å². The maximum absolute atomic E-state index is 10.8. The molecule has 5 nitrogen and oxygen atoms in total.